The Hall–Kier alpha value is -1.23. The highest BCUT2D eigenvalue weighted by molar-refractivity contribution is 5.82. The molecule has 0 amide bonds. The number of ketones is 1. The number of Topliss-reactive ketones (excluding diaryl/α,β-unsaturated/α-hetero) is 1. The number of carbonyl (C=O) groups is 1. The van der Waals surface area contributed by atoms with Crippen molar-refractivity contribution in [3.05, 3.63) is 12.2 Å². The molecular formula is C10H18N4O. The van der Waals surface area contributed by atoms with Crippen molar-refractivity contribution in [3.63, 3.8) is 0 Å². The van der Waals surface area contributed by atoms with Gasteiger partial charge in [-0.1, -0.05) is 6.92 Å². The second-order valence-corrected chi connectivity index (χ2v) is 3.71. The highest BCUT2D eigenvalue weighted by Crippen LogP contribution is 2.05. The lowest BCUT2D eigenvalue weighted by Gasteiger charge is -2.08. The first kappa shape index (κ1) is 11.8. The van der Waals surface area contributed by atoms with Gasteiger partial charge in [-0.15, -0.1) is 0 Å². The maximum absolute atomic E-state index is 11.5. The zero-order chi connectivity index (χ0) is 11.3. The van der Waals surface area contributed by atoms with Crippen LogP contribution in [0.3, 0.4) is 0 Å². The molecule has 5 heteroatoms. The topological polar surface area (TPSA) is 59.8 Å². The minimum absolute atomic E-state index is 0.145. The van der Waals surface area contributed by atoms with E-state index in [4.69, 9.17) is 0 Å². The molecule has 0 aliphatic rings. The van der Waals surface area contributed by atoms with Crippen molar-refractivity contribution in [1.82, 2.24) is 20.1 Å². The predicted octanol–water partition coefficient (Wildman–Crippen LogP) is 0.580. The third-order valence-electron chi connectivity index (χ3n) is 2.06. The monoisotopic (exact) mass is 210 g/mol. The van der Waals surface area contributed by atoms with E-state index in [1.165, 1.54) is 6.33 Å². The highest BCUT2D eigenvalue weighted by Gasteiger charge is 2.11. The molecule has 0 aliphatic heterocycles. The van der Waals surface area contributed by atoms with Gasteiger partial charge in [-0.25, -0.2) is 9.67 Å². The Labute approximate surface area is 89.9 Å². The Kier molecular flexibility index (Phi) is 4.42. The minimum atomic E-state index is 0.145. The maximum Gasteiger partial charge on any atom is 0.154 e. The average molecular weight is 210 g/mol. The Balaban J connectivity index is 2.56. The van der Waals surface area contributed by atoms with E-state index in [2.05, 4.69) is 15.4 Å². The summed E-state index contributed by atoms with van der Waals surface area (Å²) in [5.74, 6) is 0.889. The molecule has 0 spiro atoms. The fourth-order valence-electron chi connectivity index (χ4n) is 1.34. The number of nitrogens with one attached hydrogen (secondary N) is 1. The number of hydrogen-bond acceptors (Lipinski definition) is 4. The molecule has 0 aromatic carbocycles. The van der Waals surface area contributed by atoms with Crippen molar-refractivity contribution in [2.75, 3.05) is 13.1 Å². The van der Waals surface area contributed by atoms with E-state index in [9.17, 15) is 4.79 Å². The van der Waals surface area contributed by atoms with E-state index in [-0.39, 0.29) is 11.8 Å². The number of nitrogens with zero attached hydrogens (tertiary/aromatic N) is 3. The van der Waals surface area contributed by atoms with Crippen LogP contribution in [0.15, 0.2) is 6.33 Å². The van der Waals surface area contributed by atoms with Gasteiger partial charge in [-0.3, -0.25) is 4.79 Å². The van der Waals surface area contributed by atoms with Crippen LogP contribution in [-0.4, -0.2) is 33.6 Å². The van der Waals surface area contributed by atoms with Gasteiger partial charge in [-0.2, -0.15) is 5.10 Å². The van der Waals surface area contributed by atoms with Gasteiger partial charge in [0.2, 0.25) is 0 Å². The molecule has 1 N–H and O–H groups in total. The lowest BCUT2D eigenvalue weighted by molar-refractivity contribution is -0.117. The van der Waals surface area contributed by atoms with Crippen LogP contribution in [0.4, 0.5) is 0 Å². The molecule has 0 saturated carbocycles. The van der Waals surface area contributed by atoms with Crippen LogP contribution in [0.25, 0.3) is 0 Å². The van der Waals surface area contributed by atoms with Gasteiger partial charge < -0.3 is 5.32 Å². The number of hydrogen-bond donors (Lipinski definition) is 1. The zero-order valence-corrected chi connectivity index (χ0v) is 9.53. The maximum atomic E-state index is 11.5. The molecule has 5 nitrogen and oxygen atoms in total. The van der Waals surface area contributed by atoms with Gasteiger partial charge in [0, 0.05) is 6.04 Å². The van der Waals surface area contributed by atoms with Crippen LogP contribution in [-0.2, 0) is 11.2 Å². The van der Waals surface area contributed by atoms with Crippen molar-refractivity contribution in [1.29, 1.82) is 0 Å². The smallest absolute Gasteiger partial charge is 0.154 e. The first-order valence-electron chi connectivity index (χ1n) is 5.26. The van der Waals surface area contributed by atoms with E-state index < -0.39 is 0 Å². The van der Waals surface area contributed by atoms with E-state index in [0.29, 0.717) is 13.0 Å². The zero-order valence-electron chi connectivity index (χ0n) is 9.53. The lowest BCUT2D eigenvalue weighted by Crippen LogP contribution is -2.25. The molecular weight excluding hydrogens is 192 g/mol. The van der Waals surface area contributed by atoms with Gasteiger partial charge in [0.05, 0.1) is 13.0 Å². The molecule has 0 saturated heterocycles. The van der Waals surface area contributed by atoms with Gasteiger partial charge >= 0.3 is 0 Å². The van der Waals surface area contributed by atoms with E-state index in [0.717, 1.165) is 12.4 Å². The van der Waals surface area contributed by atoms with Crippen LogP contribution in [0.5, 0.6) is 0 Å². The Morgan fingerprint density at radius 3 is 2.93 bits per heavy atom. The lowest BCUT2D eigenvalue weighted by atomic mass is 10.2. The summed E-state index contributed by atoms with van der Waals surface area (Å²) in [6, 6.07) is 0.245. The van der Waals surface area contributed by atoms with E-state index in [1.54, 1.807) is 4.68 Å². The van der Waals surface area contributed by atoms with Crippen molar-refractivity contribution >= 4 is 5.78 Å². The Bertz CT molecular complexity index is 319. The van der Waals surface area contributed by atoms with Crippen molar-refractivity contribution in [2.24, 2.45) is 0 Å². The summed E-state index contributed by atoms with van der Waals surface area (Å²) < 4.78 is 1.78. The molecule has 0 bridgehead atoms. The number of rotatable bonds is 6. The van der Waals surface area contributed by atoms with Crippen molar-refractivity contribution in [2.45, 2.75) is 33.2 Å². The SMILES string of the molecule is CCNCC(=O)Cc1ncnn1C(C)C. The van der Waals surface area contributed by atoms with Crippen molar-refractivity contribution < 1.29 is 4.79 Å². The average Bonchev–Trinajstić information content (AvgIpc) is 2.62. The molecule has 0 atom stereocenters. The summed E-state index contributed by atoms with van der Waals surface area (Å²) in [5.41, 5.74) is 0. The second kappa shape index (κ2) is 5.60. The van der Waals surface area contributed by atoms with Crippen LogP contribution < -0.4 is 5.32 Å². The largest absolute Gasteiger partial charge is 0.310 e. The number of aromatic nitrogens is 3. The summed E-state index contributed by atoms with van der Waals surface area (Å²) in [4.78, 5) is 15.6. The summed E-state index contributed by atoms with van der Waals surface area (Å²) >= 11 is 0. The molecule has 1 aromatic heterocycles. The fraction of sp³-hybridized carbons (Fsp3) is 0.700. The normalized spacial score (nSPS) is 10.9. The van der Waals surface area contributed by atoms with Gasteiger partial charge in [-0.05, 0) is 20.4 Å². The molecule has 15 heavy (non-hydrogen) atoms. The van der Waals surface area contributed by atoms with Crippen LogP contribution in [0.1, 0.15) is 32.6 Å². The first-order valence-corrected chi connectivity index (χ1v) is 5.26. The summed E-state index contributed by atoms with van der Waals surface area (Å²) in [6.07, 6.45) is 1.85. The highest BCUT2D eigenvalue weighted by atomic mass is 16.1. The quantitative estimate of drug-likeness (QED) is 0.746. The van der Waals surface area contributed by atoms with Crippen LogP contribution in [0, 0.1) is 0 Å². The van der Waals surface area contributed by atoms with Gasteiger partial charge in [0.25, 0.3) is 0 Å². The molecule has 84 valence electrons. The Morgan fingerprint density at radius 1 is 1.60 bits per heavy atom. The first-order chi connectivity index (χ1) is 7.15. The molecule has 0 fully saturated rings. The number of likely N-dealkylation sites (N-methyl/N-ethyl adjacent to an activating group) is 1. The third kappa shape index (κ3) is 3.43. The van der Waals surface area contributed by atoms with E-state index in [1.807, 2.05) is 20.8 Å². The molecule has 0 unspecified atom stereocenters. The number of carbonyl (C=O) groups excluding carboxylic acids is 1. The Morgan fingerprint density at radius 2 is 2.33 bits per heavy atom. The fourth-order valence-corrected chi connectivity index (χ4v) is 1.34. The second-order valence-electron chi connectivity index (χ2n) is 3.71. The molecule has 0 aliphatic carbocycles. The summed E-state index contributed by atoms with van der Waals surface area (Å²) in [7, 11) is 0. The van der Waals surface area contributed by atoms with Gasteiger partial charge in [0.15, 0.2) is 5.78 Å². The molecule has 1 heterocycles. The van der Waals surface area contributed by atoms with Gasteiger partial charge in [0.1, 0.15) is 12.2 Å². The summed E-state index contributed by atoms with van der Waals surface area (Å²) in [5, 5.41) is 7.08. The van der Waals surface area contributed by atoms with Crippen molar-refractivity contribution in [3.8, 4) is 0 Å². The van der Waals surface area contributed by atoms with Crippen LogP contribution >= 0.6 is 0 Å². The standard InChI is InChI=1S/C10H18N4O/c1-4-11-6-9(15)5-10-12-7-13-14(10)8(2)3/h7-8,11H,4-6H2,1-3H3. The molecule has 0 radical (unpaired) electrons. The van der Waals surface area contributed by atoms with Crippen LogP contribution in [0.2, 0.25) is 0 Å². The summed E-state index contributed by atoms with van der Waals surface area (Å²) in [6.45, 7) is 7.23. The molecule has 1 aromatic rings. The predicted molar refractivity (Wildman–Crippen MR) is 57.7 cm³/mol. The van der Waals surface area contributed by atoms with E-state index >= 15 is 0 Å². The third-order valence-corrected chi connectivity index (χ3v) is 2.06. The molecule has 1 rings (SSSR count). The minimum Gasteiger partial charge on any atom is -0.310 e.